The number of hydrogen-bond acceptors (Lipinski definition) is 4. The van der Waals surface area contributed by atoms with Gasteiger partial charge in [0.1, 0.15) is 0 Å². The van der Waals surface area contributed by atoms with E-state index in [0.717, 1.165) is 0 Å². The minimum absolute atomic E-state index is 0.0943. The summed E-state index contributed by atoms with van der Waals surface area (Å²) in [4.78, 5) is 21.8. The summed E-state index contributed by atoms with van der Waals surface area (Å²) in [6, 6.07) is 4.38. The van der Waals surface area contributed by atoms with Crippen molar-refractivity contribution in [2.24, 2.45) is 11.5 Å². The SMILES string of the molecule is NC(=O)CN(CC(N)=O)S(=O)(=O)c1ccc(Br)cc1Br. The molecular weight excluding hydrogens is 418 g/mol. The van der Waals surface area contributed by atoms with Crippen LogP contribution in [-0.2, 0) is 19.6 Å². The number of carbonyl (C=O) groups is 2. The predicted octanol–water partition coefficient (Wildman–Crippen LogP) is 0.173. The Labute approximate surface area is 132 Å². The van der Waals surface area contributed by atoms with Crippen LogP contribution in [0.4, 0.5) is 0 Å². The van der Waals surface area contributed by atoms with E-state index in [1.807, 2.05) is 0 Å². The number of hydrogen-bond donors (Lipinski definition) is 2. The van der Waals surface area contributed by atoms with Crippen molar-refractivity contribution in [3.8, 4) is 0 Å². The van der Waals surface area contributed by atoms with Gasteiger partial charge in [0, 0.05) is 8.95 Å². The molecule has 20 heavy (non-hydrogen) atoms. The molecular formula is C10H11Br2N3O4S. The van der Waals surface area contributed by atoms with Gasteiger partial charge in [-0.25, -0.2) is 8.42 Å². The molecule has 0 aromatic heterocycles. The lowest BCUT2D eigenvalue weighted by molar-refractivity contribution is -0.120. The van der Waals surface area contributed by atoms with E-state index in [2.05, 4.69) is 31.9 Å². The van der Waals surface area contributed by atoms with Gasteiger partial charge in [0.05, 0.1) is 18.0 Å². The minimum Gasteiger partial charge on any atom is -0.369 e. The molecule has 0 aliphatic heterocycles. The summed E-state index contributed by atoms with van der Waals surface area (Å²) in [5, 5.41) is 0. The van der Waals surface area contributed by atoms with Crippen LogP contribution in [0.25, 0.3) is 0 Å². The summed E-state index contributed by atoms with van der Waals surface area (Å²) in [6.07, 6.45) is 0. The Morgan fingerprint density at radius 1 is 1.10 bits per heavy atom. The molecule has 0 saturated heterocycles. The van der Waals surface area contributed by atoms with Gasteiger partial charge in [0.25, 0.3) is 0 Å². The van der Waals surface area contributed by atoms with Gasteiger partial charge < -0.3 is 11.5 Å². The van der Waals surface area contributed by atoms with Gasteiger partial charge in [0.2, 0.25) is 21.8 Å². The number of nitrogens with zero attached hydrogens (tertiary/aromatic N) is 1. The zero-order valence-electron chi connectivity index (χ0n) is 10.0. The average molecular weight is 429 g/mol. The van der Waals surface area contributed by atoms with Crippen LogP contribution in [0.3, 0.4) is 0 Å². The molecule has 10 heteroatoms. The highest BCUT2D eigenvalue weighted by Gasteiger charge is 2.29. The van der Waals surface area contributed by atoms with Gasteiger partial charge in [0.15, 0.2) is 0 Å². The Bertz CT molecular complexity index is 632. The van der Waals surface area contributed by atoms with Gasteiger partial charge in [-0.2, -0.15) is 4.31 Å². The van der Waals surface area contributed by atoms with E-state index < -0.39 is 34.9 Å². The summed E-state index contributed by atoms with van der Waals surface area (Å²) >= 11 is 6.31. The van der Waals surface area contributed by atoms with Crippen molar-refractivity contribution in [1.29, 1.82) is 0 Å². The molecule has 0 heterocycles. The van der Waals surface area contributed by atoms with Gasteiger partial charge in [-0.05, 0) is 34.1 Å². The third-order valence-electron chi connectivity index (χ3n) is 2.18. The maximum absolute atomic E-state index is 12.4. The molecule has 1 aromatic carbocycles. The highest BCUT2D eigenvalue weighted by atomic mass is 79.9. The number of rotatable bonds is 6. The number of carbonyl (C=O) groups excluding carboxylic acids is 2. The molecule has 110 valence electrons. The Hall–Kier alpha value is -0.970. The first-order valence-corrected chi connectivity index (χ1v) is 8.19. The van der Waals surface area contributed by atoms with Crippen LogP contribution in [0.1, 0.15) is 0 Å². The van der Waals surface area contributed by atoms with Crippen LogP contribution in [0.15, 0.2) is 32.0 Å². The van der Waals surface area contributed by atoms with Crippen molar-refractivity contribution < 1.29 is 18.0 Å². The fourth-order valence-electron chi connectivity index (χ4n) is 1.40. The molecule has 0 bridgehead atoms. The van der Waals surface area contributed by atoms with E-state index in [1.165, 1.54) is 18.2 Å². The Balaban J connectivity index is 3.28. The number of nitrogens with two attached hydrogens (primary N) is 2. The predicted molar refractivity (Wildman–Crippen MR) is 79.0 cm³/mol. The van der Waals surface area contributed by atoms with E-state index in [4.69, 9.17) is 11.5 Å². The van der Waals surface area contributed by atoms with Gasteiger partial charge in [-0.1, -0.05) is 15.9 Å². The number of benzene rings is 1. The third-order valence-corrected chi connectivity index (χ3v) is 5.44. The molecule has 4 N–H and O–H groups in total. The van der Waals surface area contributed by atoms with E-state index in [9.17, 15) is 18.0 Å². The fourth-order valence-corrected chi connectivity index (χ4v) is 4.48. The molecule has 0 saturated carbocycles. The lowest BCUT2D eigenvalue weighted by atomic mass is 10.4. The molecule has 7 nitrogen and oxygen atoms in total. The van der Waals surface area contributed by atoms with E-state index in [-0.39, 0.29) is 9.37 Å². The van der Waals surface area contributed by atoms with Crippen molar-refractivity contribution in [3.05, 3.63) is 27.1 Å². The van der Waals surface area contributed by atoms with Crippen LogP contribution >= 0.6 is 31.9 Å². The van der Waals surface area contributed by atoms with Crippen LogP contribution in [0.2, 0.25) is 0 Å². The first-order chi connectivity index (χ1) is 9.14. The minimum atomic E-state index is -4.07. The maximum atomic E-state index is 12.4. The Kier molecular flexibility index (Phi) is 5.68. The Morgan fingerprint density at radius 2 is 1.60 bits per heavy atom. The van der Waals surface area contributed by atoms with Crippen LogP contribution < -0.4 is 11.5 Å². The standard InChI is InChI=1S/C10H11Br2N3O4S/c11-6-1-2-8(7(12)3-6)20(18,19)15(4-9(13)16)5-10(14)17/h1-3H,4-5H2,(H2,13,16)(H2,14,17). The maximum Gasteiger partial charge on any atom is 0.245 e. The molecule has 0 spiro atoms. The van der Waals surface area contributed by atoms with Crippen LogP contribution in [0, 0.1) is 0 Å². The third kappa shape index (κ3) is 4.27. The lowest BCUT2D eigenvalue weighted by Crippen LogP contribution is -2.43. The lowest BCUT2D eigenvalue weighted by Gasteiger charge is -2.20. The number of halogens is 2. The molecule has 0 radical (unpaired) electrons. The second kappa shape index (κ2) is 6.66. The normalized spacial score (nSPS) is 11.6. The molecule has 1 rings (SSSR count). The molecule has 0 fully saturated rings. The fraction of sp³-hybridized carbons (Fsp3) is 0.200. The zero-order chi connectivity index (χ0) is 15.5. The van der Waals surface area contributed by atoms with Crippen LogP contribution in [0.5, 0.6) is 0 Å². The van der Waals surface area contributed by atoms with Crippen molar-refractivity contribution in [3.63, 3.8) is 0 Å². The molecule has 0 atom stereocenters. The van der Waals surface area contributed by atoms with Gasteiger partial charge >= 0.3 is 0 Å². The molecule has 0 aliphatic carbocycles. The topological polar surface area (TPSA) is 124 Å². The van der Waals surface area contributed by atoms with Crippen LogP contribution in [-0.4, -0.2) is 37.6 Å². The summed E-state index contributed by atoms with van der Waals surface area (Å²) in [6.45, 7) is -1.26. The van der Waals surface area contributed by atoms with Gasteiger partial charge in [-0.15, -0.1) is 0 Å². The van der Waals surface area contributed by atoms with Crippen molar-refractivity contribution in [1.82, 2.24) is 4.31 Å². The number of sulfonamides is 1. The molecule has 0 aliphatic rings. The van der Waals surface area contributed by atoms with E-state index in [0.29, 0.717) is 8.78 Å². The molecule has 1 aromatic rings. The van der Waals surface area contributed by atoms with E-state index in [1.54, 1.807) is 0 Å². The number of amides is 2. The average Bonchev–Trinajstić information content (AvgIpc) is 2.26. The summed E-state index contributed by atoms with van der Waals surface area (Å²) in [5.41, 5.74) is 9.98. The zero-order valence-corrected chi connectivity index (χ0v) is 14.0. The largest absolute Gasteiger partial charge is 0.369 e. The highest BCUT2D eigenvalue weighted by molar-refractivity contribution is 9.11. The summed E-state index contributed by atoms with van der Waals surface area (Å²) in [7, 11) is -4.07. The second-order valence-corrected chi connectivity index (χ2v) is 7.46. The monoisotopic (exact) mass is 427 g/mol. The molecule has 2 amide bonds. The van der Waals surface area contributed by atoms with Gasteiger partial charge in [-0.3, -0.25) is 9.59 Å². The van der Waals surface area contributed by atoms with E-state index >= 15 is 0 Å². The summed E-state index contributed by atoms with van der Waals surface area (Å²) < 4.78 is 26.4. The summed E-state index contributed by atoms with van der Waals surface area (Å²) in [5.74, 6) is -1.77. The first-order valence-electron chi connectivity index (χ1n) is 5.16. The van der Waals surface area contributed by atoms with Crippen molar-refractivity contribution in [2.75, 3.05) is 13.1 Å². The quantitative estimate of drug-likeness (QED) is 0.670. The Morgan fingerprint density at radius 3 is 2.00 bits per heavy atom. The van der Waals surface area contributed by atoms with Crippen molar-refractivity contribution >= 4 is 53.7 Å². The molecule has 0 unspecified atom stereocenters. The van der Waals surface area contributed by atoms with Crippen molar-refractivity contribution in [2.45, 2.75) is 4.90 Å². The highest BCUT2D eigenvalue weighted by Crippen LogP contribution is 2.27. The first kappa shape index (κ1) is 17.1. The smallest absolute Gasteiger partial charge is 0.245 e. The second-order valence-electron chi connectivity index (χ2n) is 3.78. The number of primary amides is 2.